The first kappa shape index (κ1) is 25.8. The Morgan fingerprint density at radius 1 is 1.25 bits per heavy atom. The predicted octanol–water partition coefficient (Wildman–Crippen LogP) is 2.32. The molecule has 0 fully saturated rings. The normalized spacial score (nSPS) is 16.5. The van der Waals surface area contributed by atoms with Gasteiger partial charge >= 0.3 is 6.18 Å². The maximum absolute atomic E-state index is 13.8. The zero-order chi connectivity index (χ0) is 26.6. The molecule has 14 heteroatoms. The topological polar surface area (TPSA) is 130 Å². The first-order chi connectivity index (χ1) is 16.8. The molecule has 10 nitrogen and oxygen atoms in total. The van der Waals surface area contributed by atoms with Gasteiger partial charge in [-0.3, -0.25) is 4.79 Å². The monoisotopic (exact) mass is 526 g/mol. The Labute approximate surface area is 205 Å². The van der Waals surface area contributed by atoms with Crippen molar-refractivity contribution in [2.75, 3.05) is 24.7 Å². The molecule has 194 valence electrons. The number of nitrogens with one attached hydrogen (secondary N) is 1. The molecule has 1 unspecified atom stereocenters. The van der Waals surface area contributed by atoms with Gasteiger partial charge in [-0.1, -0.05) is 13.8 Å². The van der Waals surface area contributed by atoms with Crippen LogP contribution in [0.2, 0.25) is 0 Å². The number of sulfone groups is 1. The van der Waals surface area contributed by atoms with Crippen LogP contribution < -0.4 is 10.2 Å². The van der Waals surface area contributed by atoms with E-state index in [0.717, 1.165) is 12.5 Å². The van der Waals surface area contributed by atoms with E-state index in [9.17, 15) is 31.5 Å². The second kappa shape index (κ2) is 9.00. The molecule has 2 aromatic heterocycles. The number of aliphatic hydroxyl groups is 1. The number of benzene rings is 1. The number of aliphatic hydroxyl groups excluding tert-OH is 1. The molecule has 3 heterocycles. The summed E-state index contributed by atoms with van der Waals surface area (Å²) in [5.74, 6) is -0.784. The minimum atomic E-state index is -4.88. The van der Waals surface area contributed by atoms with Gasteiger partial charge in [0.05, 0.1) is 34.1 Å². The molecule has 2 N–H and O–H groups in total. The predicted molar refractivity (Wildman–Crippen MR) is 124 cm³/mol. The SMILES string of the molecule is CNC(=O)c1cnc(N2CCn3c(nc4cc(CO)c(S(C)(=O)=O)cc43)C2C(C)C)nc1C(F)(F)F. The third-order valence-electron chi connectivity index (χ3n) is 6.10. The quantitative estimate of drug-likeness (QED) is 0.518. The van der Waals surface area contributed by atoms with Crippen LogP contribution >= 0.6 is 0 Å². The highest BCUT2D eigenvalue weighted by molar-refractivity contribution is 7.90. The Kier molecular flexibility index (Phi) is 6.45. The van der Waals surface area contributed by atoms with Gasteiger partial charge in [-0.15, -0.1) is 0 Å². The minimum absolute atomic E-state index is 0.00771. The second-order valence-electron chi connectivity index (χ2n) is 8.89. The van der Waals surface area contributed by atoms with Crippen molar-refractivity contribution in [3.8, 4) is 0 Å². The Balaban J connectivity index is 1.87. The van der Waals surface area contributed by atoms with Crippen molar-refractivity contribution in [1.29, 1.82) is 0 Å². The van der Waals surface area contributed by atoms with E-state index < -0.39 is 45.8 Å². The molecule has 0 saturated heterocycles. The van der Waals surface area contributed by atoms with Crippen LogP contribution in [0.5, 0.6) is 0 Å². The van der Waals surface area contributed by atoms with Gasteiger partial charge in [-0.2, -0.15) is 13.2 Å². The number of alkyl halides is 3. The fourth-order valence-electron chi connectivity index (χ4n) is 4.54. The van der Waals surface area contributed by atoms with Crippen molar-refractivity contribution in [1.82, 2.24) is 24.8 Å². The number of hydrogen-bond acceptors (Lipinski definition) is 8. The Morgan fingerprint density at radius 3 is 2.50 bits per heavy atom. The summed E-state index contributed by atoms with van der Waals surface area (Å²) in [6, 6.07) is 2.43. The van der Waals surface area contributed by atoms with Crippen LogP contribution in [0, 0.1) is 5.92 Å². The number of hydrogen-bond donors (Lipinski definition) is 2. The number of fused-ring (bicyclic) bond motifs is 3. The average Bonchev–Trinajstić information content (AvgIpc) is 3.17. The van der Waals surface area contributed by atoms with E-state index in [1.807, 2.05) is 18.4 Å². The first-order valence-electron chi connectivity index (χ1n) is 11.0. The van der Waals surface area contributed by atoms with E-state index in [4.69, 9.17) is 0 Å². The van der Waals surface area contributed by atoms with Gasteiger partial charge in [0, 0.05) is 32.6 Å². The zero-order valence-corrected chi connectivity index (χ0v) is 20.8. The molecule has 0 radical (unpaired) electrons. The fraction of sp³-hybridized carbons (Fsp3) is 0.455. The third-order valence-corrected chi connectivity index (χ3v) is 7.28. The molecular weight excluding hydrogens is 501 g/mol. The smallest absolute Gasteiger partial charge is 0.392 e. The summed E-state index contributed by atoms with van der Waals surface area (Å²) in [4.78, 5) is 26.1. The van der Waals surface area contributed by atoms with Crippen molar-refractivity contribution >= 4 is 32.7 Å². The molecule has 1 atom stereocenters. The summed E-state index contributed by atoms with van der Waals surface area (Å²) in [6.45, 7) is 3.74. The Morgan fingerprint density at radius 2 is 1.94 bits per heavy atom. The van der Waals surface area contributed by atoms with Crippen LogP contribution in [0.4, 0.5) is 19.1 Å². The first-order valence-corrected chi connectivity index (χ1v) is 12.9. The molecular formula is C22H25F3N6O4S. The molecule has 36 heavy (non-hydrogen) atoms. The molecule has 3 aromatic rings. The van der Waals surface area contributed by atoms with E-state index in [0.29, 0.717) is 16.9 Å². The van der Waals surface area contributed by atoms with E-state index in [-0.39, 0.29) is 35.4 Å². The lowest BCUT2D eigenvalue weighted by atomic mass is 10.00. The highest BCUT2D eigenvalue weighted by Crippen LogP contribution is 2.38. The summed E-state index contributed by atoms with van der Waals surface area (Å²) in [5.41, 5.74) is -0.801. The highest BCUT2D eigenvalue weighted by Gasteiger charge is 2.40. The molecule has 0 bridgehead atoms. The lowest BCUT2D eigenvalue weighted by Gasteiger charge is -2.38. The molecule has 4 rings (SSSR count). The number of nitrogens with zero attached hydrogens (tertiary/aromatic N) is 5. The number of carbonyl (C=O) groups is 1. The van der Waals surface area contributed by atoms with Gasteiger partial charge in [-0.25, -0.2) is 23.4 Å². The van der Waals surface area contributed by atoms with Crippen LogP contribution in [-0.4, -0.2) is 58.8 Å². The standard InChI is InChI=1S/C22H25F3N6O4S/c1-11(2)17-19-28-14-7-12(10-32)16(36(4,34)35)8-15(14)30(19)5-6-31(17)21-27-9-13(20(33)26-3)18(29-21)22(23,24)25/h7-9,11,17,32H,5-6,10H2,1-4H3,(H,26,33). The summed E-state index contributed by atoms with van der Waals surface area (Å²) >= 11 is 0. The van der Waals surface area contributed by atoms with Crippen LogP contribution in [0.25, 0.3) is 11.0 Å². The summed E-state index contributed by atoms with van der Waals surface area (Å²) in [6.07, 6.45) is -2.96. The lowest BCUT2D eigenvalue weighted by molar-refractivity contribution is -0.141. The molecule has 0 spiro atoms. The van der Waals surface area contributed by atoms with E-state index >= 15 is 0 Å². The summed E-state index contributed by atoms with van der Waals surface area (Å²) < 4.78 is 67.7. The van der Waals surface area contributed by atoms with Crippen LogP contribution in [0.3, 0.4) is 0 Å². The van der Waals surface area contributed by atoms with Crippen molar-refractivity contribution < 1.29 is 31.5 Å². The van der Waals surface area contributed by atoms with Crippen molar-refractivity contribution in [3.63, 3.8) is 0 Å². The van der Waals surface area contributed by atoms with Gasteiger partial charge < -0.3 is 19.9 Å². The maximum Gasteiger partial charge on any atom is 0.434 e. The molecule has 0 aliphatic carbocycles. The van der Waals surface area contributed by atoms with Crippen LogP contribution in [0.15, 0.2) is 23.2 Å². The van der Waals surface area contributed by atoms with Gasteiger partial charge in [0.15, 0.2) is 15.5 Å². The number of rotatable bonds is 5. The van der Waals surface area contributed by atoms with Crippen LogP contribution in [0.1, 0.15) is 47.3 Å². The van der Waals surface area contributed by atoms with Crippen LogP contribution in [-0.2, 0) is 29.2 Å². The minimum Gasteiger partial charge on any atom is -0.392 e. The lowest BCUT2D eigenvalue weighted by Crippen LogP contribution is -2.42. The van der Waals surface area contributed by atoms with E-state index in [1.54, 1.807) is 4.90 Å². The number of aromatic nitrogens is 4. The highest BCUT2D eigenvalue weighted by atomic mass is 32.2. The average molecular weight is 527 g/mol. The van der Waals surface area contributed by atoms with Crippen molar-refractivity contribution in [3.05, 3.63) is 41.0 Å². The van der Waals surface area contributed by atoms with Gasteiger partial charge in [0.1, 0.15) is 5.82 Å². The third kappa shape index (κ3) is 4.39. The number of amides is 1. The second-order valence-corrected chi connectivity index (χ2v) is 10.9. The maximum atomic E-state index is 13.8. The Bertz CT molecular complexity index is 1450. The Hall–Kier alpha value is -3.26. The largest absolute Gasteiger partial charge is 0.434 e. The number of imidazole rings is 1. The number of halogens is 3. The molecule has 1 aliphatic heterocycles. The van der Waals surface area contributed by atoms with Gasteiger partial charge in [-0.05, 0) is 23.6 Å². The summed E-state index contributed by atoms with van der Waals surface area (Å²) in [5, 5.41) is 11.9. The molecule has 1 amide bonds. The van der Waals surface area contributed by atoms with Gasteiger partial charge in [0.25, 0.3) is 5.91 Å². The zero-order valence-electron chi connectivity index (χ0n) is 20.0. The molecule has 1 aliphatic rings. The number of carbonyl (C=O) groups excluding carboxylic acids is 1. The van der Waals surface area contributed by atoms with Crippen molar-refractivity contribution in [2.24, 2.45) is 5.92 Å². The number of anilines is 1. The van der Waals surface area contributed by atoms with E-state index in [1.165, 1.54) is 19.2 Å². The van der Waals surface area contributed by atoms with E-state index in [2.05, 4.69) is 20.3 Å². The molecule has 1 aromatic carbocycles. The van der Waals surface area contributed by atoms with Gasteiger partial charge in [0.2, 0.25) is 5.95 Å². The summed E-state index contributed by atoms with van der Waals surface area (Å²) in [7, 11) is -2.41. The molecule has 0 saturated carbocycles. The van der Waals surface area contributed by atoms with Crippen molar-refractivity contribution in [2.45, 2.75) is 44.1 Å². The fourth-order valence-corrected chi connectivity index (χ4v) is 5.47.